The van der Waals surface area contributed by atoms with E-state index in [9.17, 15) is 4.79 Å². The van der Waals surface area contributed by atoms with Crippen molar-refractivity contribution in [3.8, 4) is 23.0 Å². The molecule has 40 heavy (non-hydrogen) atoms. The molecule has 1 amide bonds. The van der Waals surface area contributed by atoms with E-state index in [1.807, 2.05) is 29.1 Å². The Hall–Kier alpha value is -4.57. The molecule has 3 aromatic carbocycles. The Morgan fingerprint density at radius 1 is 0.900 bits per heavy atom. The van der Waals surface area contributed by atoms with Gasteiger partial charge in [-0.2, -0.15) is 0 Å². The standard InChI is InChI=1S/C30H33N5O5/c1-37-25-8-6-7-23(17-25)31-30(36)26-9-4-5-10-27(26)40-20-24-19-35(33-32-24)14-13-34-12-11-21-15-28(38-2)29(39-3)16-22(21)18-34/h4-10,15-17,19H,11-14,18,20H2,1-3H3,(H,31,36). The van der Waals surface area contributed by atoms with E-state index in [0.717, 1.165) is 37.6 Å². The van der Waals surface area contributed by atoms with Crippen molar-refractivity contribution in [2.45, 2.75) is 26.1 Å². The Balaban J connectivity index is 1.15. The highest BCUT2D eigenvalue weighted by Crippen LogP contribution is 2.33. The van der Waals surface area contributed by atoms with E-state index < -0.39 is 0 Å². The SMILES string of the molecule is COc1cccc(NC(=O)c2ccccc2OCc2cn(CCN3CCc4cc(OC)c(OC)cc4C3)nn2)c1. The fourth-order valence-electron chi connectivity index (χ4n) is 4.72. The number of rotatable bonds is 11. The molecule has 0 saturated heterocycles. The summed E-state index contributed by atoms with van der Waals surface area (Å²) >= 11 is 0. The minimum atomic E-state index is -0.272. The van der Waals surface area contributed by atoms with E-state index in [-0.39, 0.29) is 12.5 Å². The molecule has 4 aromatic rings. The fraction of sp³-hybridized carbons (Fsp3) is 0.300. The summed E-state index contributed by atoms with van der Waals surface area (Å²) in [6.45, 7) is 3.54. The van der Waals surface area contributed by atoms with Crippen LogP contribution in [0.2, 0.25) is 0 Å². The monoisotopic (exact) mass is 543 g/mol. The van der Waals surface area contributed by atoms with Gasteiger partial charge in [-0.25, -0.2) is 0 Å². The van der Waals surface area contributed by atoms with Crippen LogP contribution in [-0.4, -0.2) is 60.2 Å². The number of hydrogen-bond acceptors (Lipinski definition) is 8. The Morgan fingerprint density at radius 3 is 2.50 bits per heavy atom. The number of ether oxygens (including phenoxy) is 4. The number of carbonyl (C=O) groups is 1. The largest absolute Gasteiger partial charge is 0.497 e. The molecular formula is C30H33N5O5. The molecule has 5 rings (SSSR count). The smallest absolute Gasteiger partial charge is 0.259 e. The number of benzene rings is 3. The number of para-hydroxylation sites is 1. The molecule has 2 heterocycles. The summed E-state index contributed by atoms with van der Waals surface area (Å²) in [5, 5.41) is 11.4. The van der Waals surface area contributed by atoms with Gasteiger partial charge in [0, 0.05) is 31.4 Å². The molecule has 0 radical (unpaired) electrons. The number of anilines is 1. The molecule has 1 aliphatic heterocycles. The summed E-state index contributed by atoms with van der Waals surface area (Å²) in [7, 11) is 4.91. The van der Waals surface area contributed by atoms with Gasteiger partial charge in [0.05, 0.1) is 39.6 Å². The van der Waals surface area contributed by atoms with E-state index in [4.69, 9.17) is 18.9 Å². The number of nitrogens with zero attached hydrogens (tertiary/aromatic N) is 4. The lowest BCUT2D eigenvalue weighted by Crippen LogP contribution is -2.33. The fourth-order valence-corrected chi connectivity index (χ4v) is 4.72. The maximum Gasteiger partial charge on any atom is 0.259 e. The highest BCUT2D eigenvalue weighted by molar-refractivity contribution is 6.06. The molecule has 1 N–H and O–H groups in total. The van der Waals surface area contributed by atoms with Crippen LogP contribution in [0.5, 0.6) is 23.0 Å². The zero-order valence-corrected chi connectivity index (χ0v) is 22.9. The maximum atomic E-state index is 12.9. The predicted molar refractivity (Wildman–Crippen MR) is 150 cm³/mol. The van der Waals surface area contributed by atoms with Crippen molar-refractivity contribution >= 4 is 11.6 Å². The first kappa shape index (κ1) is 27.0. The third-order valence-electron chi connectivity index (χ3n) is 6.86. The number of carbonyl (C=O) groups excluding carboxylic acids is 1. The number of fused-ring (bicyclic) bond motifs is 1. The van der Waals surface area contributed by atoms with Crippen molar-refractivity contribution in [2.24, 2.45) is 0 Å². The minimum Gasteiger partial charge on any atom is -0.497 e. The zero-order valence-electron chi connectivity index (χ0n) is 22.9. The first-order valence-electron chi connectivity index (χ1n) is 13.1. The molecule has 0 saturated carbocycles. The third-order valence-corrected chi connectivity index (χ3v) is 6.86. The first-order valence-corrected chi connectivity index (χ1v) is 13.1. The van der Waals surface area contributed by atoms with Gasteiger partial charge >= 0.3 is 0 Å². The van der Waals surface area contributed by atoms with Gasteiger partial charge in [0.25, 0.3) is 5.91 Å². The average Bonchev–Trinajstić information content (AvgIpc) is 3.46. The Morgan fingerprint density at radius 2 is 1.70 bits per heavy atom. The number of nitrogens with one attached hydrogen (secondary N) is 1. The highest BCUT2D eigenvalue weighted by Gasteiger charge is 2.20. The van der Waals surface area contributed by atoms with Crippen LogP contribution in [0.25, 0.3) is 0 Å². The van der Waals surface area contributed by atoms with Crippen molar-refractivity contribution in [2.75, 3.05) is 39.7 Å². The summed E-state index contributed by atoms with van der Waals surface area (Å²) in [5.74, 6) is 2.38. The second-order valence-corrected chi connectivity index (χ2v) is 9.45. The van der Waals surface area contributed by atoms with Gasteiger partial charge in [-0.1, -0.05) is 23.4 Å². The second-order valence-electron chi connectivity index (χ2n) is 9.45. The lowest BCUT2D eigenvalue weighted by molar-refractivity contribution is 0.102. The van der Waals surface area contributed by atoms with Gasteiger partial charge in [-0.05, 0) is 53.9 Å². The van der Waals surface area contributed by atoms with Gasteiger partial charge in [0.2, 0.25) is 0 Å². The van der Waals surface area contributed by atoms with Crippen molar-refractivity contribution in [3.05, 3.63) is 89.2 Å². The van der Waals surface area contributed by atoms with Crippen molar-refractivity contribution in [1.29, 1.82) is 0 Å². The summed E-state index contributed by atoms with van der Waals surface area (Å²) < 4.78 is 24.0. The van der Waals surface area contributed by atoms with Crippen LogP contribution in [0.15, 0.2) is 66.9 Å². The summed E-state index contributed by atoms with van der Waals surface area (Å²) in [5.41, 5.74) is 4.30. The van der Waals surface area contributed by atoms with Crippen LogP contribution in [0, 0.1) is 0 Å². The number of methoxy groups -OCH3 is 3. The Bertz CT molecular complexity index is 1470. The second kappa shape index (κ2) is 12.5. The molecule has 208 valence electrons. The molecular weight excluding hydrogens is 510 g/mol. The normalized spacial score (nSPS) is 12.9. The molecule has 10 heteroatoms. The Kier molecular flexibility index (Phi) is 8.46. The average molecular weight is 544 g/mol. The van der Waals surface area contributed by atoms with Gasteiger partial charge in [-0.3, -0.25) is 14.4 Å². The highest BCUT2D eigenvalue weighted by atomic mass is 16.5. The van der Waals surface area contributed by atoms with Gasteiger partial charge in [0.15, 0.2) is 11.5 Å². The number of amides is 1. The molecule has 0 fully saturated rings. The molecule has 0 unspecified atom stereocenters. The maximum absolute atomic E-state index is 12.9. The van der Waals surface area contributed by atoms with Gasteiger partial charge in [-0.15, -0.1) is 5.10 Å². The van der Waals surface area contributed by atoms with Crippen molar-refractivity contribution in [3.63, 3.8) is 0 Å². The quantitative estimate of drug-likeness (QED) is 0.301. The lowest BCUT2D eigenvalue weighted by Gasteiger charge is -2.29. The van der Waals surface area contributed by atoms with Gasteiger partial charge in [0.1, 0.15) is 23.8 Å². The van der Waals surface area contributed by atoms with Crippen molar-refractivity contribution in [1.82, 2.24) is 19.9 Å². The summed E-state index contributed by atoms with van der Waals surface area (Å²) in [6.07, 6.45) is 2.83. The predicted octanol–water partition coefficient (Wildman–Crippen LogP) is 4.19. The van der Waals surface area contributed by atoms with E-state index in [1.54, 1.807) is 51.7 Å². The summed E-state index contributed by atoms with van der Waals surface area (Å²) in [6, 6.07) is 18.5. The molecule has 1 aliphatic rings. The van der Waals surface area contributed by atoms with E-state index >= 15 is 0 Å². The van der Waals surface area contributed by atoms with Crippen LogP contribution in [0.3, 0.4) is 0 Å². The first-order chi connectivity index (χ1) is 19.6. The third kappa shape index (κ3) is 6.35. The van der Waals surface area contributed by atoms with E-state index in [1.165, 1.54) is 11.1 Å². The zero-order chi connectivity index (χ0) is 27.9. The molecule has 0 aliphatic carbocycles. The van der Waals surface area contributed by atoms with E-state index in [2.05, 4.69) is 32.7 Å². The Labute approximate surface area is 233 Å². The van der Waals surface area contributed by atoms with Crippen molar-refractivity contribution < 1.29 is 23.7 Å². The van der Waals surface area contributed by atoms with Gasteiger partial charge < -0.3 is 24.3 Å². The molecule has 10 nitrogen and oxygen atoms in total. The molecule has 0 bridgehead atoms. The van der Waals surface area contributed by atoms with Crippen LogP contribution >= 0.6 is 0 Å². The minimum absolute atomic E-state index is 0.197. The van der Waals surface area contributed by atoms with E-state index in [0.29, 0.717) is 35.0 Å². The van der Waals surface area contributed by atoms with Crippen LogP contribution < -0.4 is 24.3 Å². The number of hydrogen-bond donors (Lipinski definition) is 1. The van der Waals surface area contributed by atoms with Crippen LogP contribution in [-0.2, 0) is 26.1 Å². The molecule has 0 atom stereocenters. The van der Waals surface area contributed by atoms with Crippen LogP contribution in [0.1, 0.15) is 27.2 Å². The summed E-state index contributed by atoms with van der Waals surface area (Å²) in [4.78, 5) is 15.3. The van der Waals surface area contributed by atoms with Crippen LogP contribution in [0.4, 0.5) is 5.69 Å². The number of aromatic nitrogens is 3. The molecule has 0 spiro atoms. The molecule has 1 aromatic heterocycles. The topological polar surface area (TPSA) is 100.0 Å². The lowest BCUT2D eigenvalue weighted by atomic mass is 9.99.